The third-order valence-electron chi connectivity index (χ3n) is 3.53. The normalized spacial score (nSPS) is 11.2. The summed E-state index contributed by atoms with van der Waals surface area (Å²) >= 11 is 13.6. The Bertz CT molecular complexity index is 969. The van der Waals surface area contributed by atoms with Crippen LogP contribution >= 0.6 is 34.5 Å². The number of aryl methyl sites for hydroxylation is 1. The Hall–Kier alpha value is -2.32. The first-order chi connectivity index (χ1) is 12.1. The highest BCUT2D eigenvalue weighted by molar-refractivity contribution is 7.11. The number of anilines is 1. The lowest BCUT2D eigenvalue weighted by Crippen LogP contribution is -1.92. The molecular weight excluding hydrogens is 373 g/mol. The molecule has 0 bridgehead atoms. The van der Waals surface area contributed by atoms with Gasteiger partial charge in [-0.25, -0.2) is 4.98 Å². The summed E-state index contributed by atoms with van der Waals surface area (Å²) in [4.78, 5) is 4.56. The van der Waals surface area contributed by atoms with Crippen molar-refractivity contribution in [3.05, 3.63) is 74.7 Å². The van der Waals surface area contributed by atoms with Crippen molar-refractivity contribution in [1.82, 2.24) is 4.98 Å². The van der Waals surface area contributed by atoms with Crippen LogP contribution in [0.25, 0.3) is 16.8 Å². The molecule has 1 N–H and O–H groups in total. The third-order valence-corrected chi connectivity index (χ3v) is 5.22. The predicted molar refractivity (Wildman–Crippen MR) is 106 cm³/mol. The van der Waals surface area contributed by atoms with E-state index in [2.05, 4.69) is 16.4 Å². The van der Waals surface area contributed by atoms with E-state index in [1.54, 1.807) is 24.4 Å². The van der Waals surface area contributed by atoms with Crippen LogP contribution in [0, 0.1) is 18.3 Å². The van der Waals surface area contributed by atoms with E-state index in [0.717, 1.165) is 11.3 Å². The van der Waals surface area contributed by atoms with Crippen molar-refractivity contribution in [2.75, 3.05) is 5.32 Å². The van der Waals surface area contributed by atoms with Crippen molar-refractivity contribution in [3.63, 3.8) is 0 Å². The summed E-state index contributed by atoms with van der Waals surface area (Å²) in [5.74, 6) is 0. The minimum Gasteiger partial charge on any atom is -0.359 e. The molecule has 3 rings (SSSR count). The maximum Gasteiger partial charge on any atom is 0.136 e. The molecule has 2 aromatic carbocycles. The van der Waals surface area contributed by atoms with Crippen molar-refractivity contribution in [2.45, 2.75) is 6.92 Å². The minimum atomic E-state index is 0.414. The molecule has 3 aromatic rings. The van der Waals surface area contributed by atoms with E-state index >= 15 is 0 Å². The number of aromatic nitrogens is 1. The molecule has 6 heteroatoms. The second-order valence-electron chi connectivity index (χ2n) is 5.32. The van der Waals surface area contributed by atoms with E-state index in [-0.39, 0.29) is 0 Å². The molecule has 0 amide bonds. The summed E-state index contributed by atoms with van der Waals surface area (Å²) < 4.78 is 0. The quantitative estimate of drug-likeness (QED) is 0.528. The van der Waals surface area contributed by atoms with Crippen LogP contribution in [-0.4, -0.2) is 4.98 Å². The van der Waals surface area contributed by atoms with Crippen LogP contribution < -0.4 is 5.32 Å². The van der Waals surface area contributed by atoms with Gasteiger partial charge >= 0.3 is 0 Å². The highest BCUT2D eigenvalue weighted by Crippen LogP contribution is 2.30. The maximum atomic E-state index is 9.45. The number of hydrogen-bond acceptors (Lipinski definition) is 4. The van der Waals surface area contributed by atoms with Crippen LogP contribution in [-0.2, 0) is 0 Å². The van der Waals surface area contributed by atoms with Crippen molar-refractivity contribution in [2.24, 2.45) is 0 Å². The van der Waals surface area contributed by atoms with Gasteiger partial charge in [0.1, 0.15) is 16.6 Å². The van der Waals surface area contributed by atoms with Crippen LogP contribution in [0.1, 0.15) is 10.6 Å². The van der Waals surface area contributed by atoms with Gasteiger partial charge in [-0.2, -0.15) is 5.26 Å². The SMILES string of the molecule is Cc1ccc(-c2csc(/C(C#N)=C\Nc3cccc(Cl)c3Cl)n2)cc1. The van der Waals surface area contributed by atoms with Crippen molar-refractivity contribution < 1.29 is 0 Å². The van der Waals surface area contributed by atoms with Gasteiger partial charge in [-0.05, 0) is 19.1 Å². The number of hydrogen-bond donors (Lipinski definition) is 1. The van der Waals surface area contributed by atoms with E-state index in [0.29, 0.717) is 26.3 Å². The van der Waals surface area contributed by atoms with Gasteiger partial charge in [0, 0.05) is 17.1 Å². The molecular formula is C19H13Cl2N3S. The Balaban J connectivity index is 1.85. The van der Waals surface area contributed by atoms with Gasteiger partial charge in [0.25, 0.3) is 0 Å². The standard InChI is InChI=1S/C19H13Cl2N3S/c1-12-5-7-13(8-6-12)17-11-25-19(24-17)14(9-22)10-23-16-4-2-3-15(20)18(16)21/h2-8,10-11,23H,1H3/b14-10-. The zero-order valence-corrected chi connectivity index (χ0v) is 15.6. The van der Waals surface area contributed by atoms with Crippen LogP contribution in [0.4, 0.5) is 5.69 Å². The Morgan fingerprint density at radius 3 is 2.68 bits per heavy atom. The van der Waals surface area contributed by atoms with Gasteiger partial charge in [-0.3, -0.25) is 0 Å². The fourth-order valence-corrected chi connectivity index (χ4v) is 3.31. The average molecular weight is 386 g/mol. The highest BCUT2D eigenvalue weighted by atomic mass is 35.5. The summed E-state index contributed by atoms with van der Waals surface area (Å²) in [7, 11) is 0. The number of thiazole rings is 1. The molecule has 0 radical (unpaired) electrons. The molecule has 0 aliphatic carbocycles. The molecule has 1 heterocycles. The lowest BCUT2D eigenvalue weighted by Gasteiger charge is -2.05. The van der Waals surface area contributed by atoms with Gasteiger partial charge in [0.15, 0.2) is 0 Å². The fourth-order valence-electron chi connectivity index (χ4n) is 2.16. The molecule has 0 unspecified atom stereocenters. The van der Waals surface area contributed by atoms with Crippen LogP contribution in [0.5, 0.6) is 0 Å². The number of benzene rings is 2. The van der Waals surface area contributed by atoms with Crippen molar-refractivity contribution >= 4 is 45.8 Å². The second kappa shape index (κ2) is 7.71. The maximum absolute atomic E-state index is 9.45. The van der Waals surface area contributed by atoms with E-state index in [1.165, 1.54) is 16.9 Å². The number of nitriles is 1. The second-order valence-corrected chi connectivity index (χ2v) is 6.96. The number of halogens is 2. The molecule has 124 valence electrons. The van der Waals surface area contributed by atoms with Crippen LogP contribution in [0.3, 0.4) is 0 Å². The lowest BCUT2D eigenvalue weighted by molar-refractivity contribution is 1.36. The Kier molecular flexibility index (Phi) is 5.40. The molecule has 25 heavy (non-hydrogen) atoms. The fraction of sp³-hybridized carbons (Fsp3) is 0.0526. The monoisotopic (exact) mass is 385 g/mol. The average Bonchev–Trinajstić information content (AvgIpc) is 3.09. The van der Waals surface area contributed by atoms with E-state index in [1.807, 2.05) is 36.6 Å². The summed E-state index contributed by atoms with van der Waals surface area (Å²) in [5.41, 5.74) is 4.13. The summed E-state index contributed by atoms with van der Waals surface area (Å²) in [6, 6.07) is 15.6. The zero-order chi connectivity index (χ0) is 17.8. The van der Waals surface area contributed by atoms with Gasteiger partial charge in [-0.15, -0.1) is 11.3 Å². The van der Waals surface area contributed by atoms with Gasteiger partial charge in [0.2, 0.25) is 0 Å². The third kappa shape index (κ3) is 4.02. The molecule has 0 atom stereocenters. The first-order valence-corrected chi connectivity index (χ1v) is 9.06. The Morgan fingerprint density at radius 1 is 1.20 bits per heavy atom. The summed E-state index contributed by atoms with van der Waals surface area (Å²) in [5, 5.41) is 15.9. The zero-order valence-electron chi connectivity index (χ0n) is 13.3. The molecule has 0 aliphatic rings. The molecule has 1 aromatic heterocycles. The number of rotatable bonds is 4. The first kappa shape index (κ1) is 17.5. The van der Waals surface area contributed by atoms with E-state index in [9.17, 15) is 5.26 Å². The van der Waals surface area contributed by atoms with Crippen molar-refractivity contribution in [1.29, 1.82) is 5.26 Å². The van der Waals surface area contributed by atoms with Crippen LogP contribution in [0.2, 0.25) is 10.0 Å². The first-order valence-electron chi connectivity index (χ1n) is 7.42. The Morgan fingerprint density at radius 2 is 1.96 bits per heavy atom. The van der Waals surface area contributed by atoms with Gasteiger partial charge < -0.3 is 5.32 Å². The van der Waals surface area contributed by atoms with Gasteiger partial charge in [-0.1, -0.05) is 59.1 Å². The van der Waals surface area contributed by atoms with Crippen molar-refractivity contribution in [3.8, 4) is 17.3 Å². The van der Waals surface area contributed by atoms with Crippen LogP contribution in [0.15, 0.2) is 54.0 Å². The molecule has 0 spiro atoms. The molecule has 3 nitrogen and oxygen atoms in total. The molecule has 0 fully saturated rings. The van der Waals surface area contributed by atoms with E-state index in [4.69, 9.17) is 23.2 Å². The minimum absolute atomic E-state index is 0.414. The van der Waals surface area contributed by atoms with Gasteiger partial charge in [0.05, 0.1) is 21.4 Å². The molecule has 0 aliphatic heterocycles. The number of nitrogens with zero attached hydrogens (tertiary/aromatic N) is 2. The predicted octanol–water partition coefficient (Wildman–Crippen LogP) is 6.40. The van der Waals surface area contributed by atoms with E-state index < -0.39 is 0 Å². The molecule has 0 saturated heterocycles. The summed E-state index contributed by atoms with van der Waals surface area (Å²) in [6.45, 7) is 2.04. The Labute approximate surface area is 160 Å². The molecule has 0 saturated carbocycles. The summed E-state index contributed by atoms with van der Waals surface area (Å²) in [6.07, 6.45) is 1.59. The lowest BCUT2D eigenvalue weighted by atomic mass is 10.1. The number of nitrogens with one attached hydrogen (secondary N) is 1. The topological polar surface area (TPSA) is 48.7 Å². The number of allylic oxidation sites excluding steroid dienone is 1. The highest BCUT2D eigenvalue weighted by Gasteiger charge is 2.10. The smallest absolute Gasteiger partial charge is 0.136 e. The largest absolute Gasteiger partial charge is 0.359 e.